The van der Waals surface area contributed by atoms with Gasteiger partial charge in [-0.15, -0.1) is 12.4 Å². The fourth-order valence-electron chi connectivity index (χ4n) is 3.04. The van der Waals surface area contributed by atoms with Gasteiger partial charge in [0, 0.05) is 42.6 Å². The van der Waals surface area contributed by atoms with Crippen LogP contribution in [0.4, 0.5) is 4.39 Å². The normalized spacial score (nSPS) is 10.5. The van der Waals surface area contributed by atoms with Crippen molar-refractivity contribution in [2.24, 2.45) is 0 Å². The van der Waals surface area contributed by atoms with Gasteiger partial charge < -0.3 is 10.1 Å². The second-order valence-corrected chi connectivity index (χ2v) is 6.45. The van der Waals surface area contributed by atoms with E-state index in [2.05, 4.69) is 21.4 Å². The largest absolute Gasteiger partial charge is 0.490 e. The first-order valence-electron chi connectivity index (χ1n) is 9.17. The molecule has 2 heterocycles. The molecule has 0 saturated carbocycles. The summed E-state index contributed by atoms with van der Waals surface area (Å²) in [6, 6.07) is 18.4. The fourth-order valence-corrected chi connectivity index (χ4v) is 3.04. The number of halogens is 2. The molecular weight excluding hydrogens is 389 g/mol. The Morgan fingerprint density at radius 1 is 0.931 bits per heavy atom. The van der Waals surface area contributed by atoms with E-state index in [1.165, 1.54) is 12.1 Å². The number of hydrogen-bond acceptors (Lipinski definition) is 4. The Kier molecular flexibility index (Phi) is 7.11. The van der Waals surface area contributed by atoms with Gasteiger partial charge in [-0.1, -0.05) is 30.3 Å². The van der Waals surface area contributed by atoms with Crippen LogP contribution >= 0.6 is 12.4 Å². The van der Waals surface area contributed by atoms with Crippen molar-refractivity contribution in [3.05, 3.63) is 90.6 Å². The average molecular weight is 410 g/mol. The summed E-state index contributed by atoms with van der Waals surface area (Å²) in [6.07, 6.45) is 5.39. The molecule has 0 spiro atoms. The number of hydrogen-bond donors (Lipinski definition) is 1. The number of fused-ring (bicyclic) bond motifs is 1. The zero-order chi connectivity index (χ0) is 19.2. The molecule has 0 saturated heterocycles. The molecular formula is C23H21ClFN3O. The van der Waals surface area contributed by atoms with Crippen molar-refractivity contribution in [1.29, 1.82) is 0 Å². The van der Waals surface area contributed by atoms with Gasteiger partial charge in [-0.25, -0.2) is 4.39 Å². The first-order valence-corrected chi connectivity index (χ1v) is 9.17. The van der Waals surface area contributed by atoms with E-state index in [1.54, 1.807) is 24.5 Å². The van der Waals surface area contributed by atoms with Crippen LogP contribution in [0.25, 0.3) is 22.0 Å². The number of para-hydroxylation sites is 1. The summed E-state index contributed by atoms with van der Waals surface area (Å²) in [4.78, 5) is 8.69. The molecule has 2 aromatic heterocycles. The van der Waals surface area contributed by atoms with Gasteiger partial charge in [0.25, 0.3) is 0 Å². The number of pyridine rings is 2. The zero-order valence-corrected chi connectivity index (χ0v) is 16.5. The lowest BCUT2D eigenvalue weighted by Gasteiger charge is -2.10. The molecule has 0 radical (unpaired) electrons. The molecule has 0 aliphatic heterocycles. The number of nitrogens with one attached hydrogen (secondary N) is 1. The van der Waals surface area contributed by atoms with Crippen LogP contribution in [-0.2, 0) is 6.54 Å². The molecule has 0 amide bonds. The van der Waals surface area contributed by atoms with E-state index in [-0.39, 0.29) is 18.2 Å². The van der Waals surface area contributed by atoms with E-state index < -0.39 is 0 Å². The second-order valence-electron chi connectivity index (χ2n) is 6.45. The Balaban J connectivity index is 0.00000240. The number of ether oxygens (including phenoxy) is 1. The summed E-state index contributed by atoms with van der Waals surface area (Å²) < 4.78 is 19.0. The SMILES string of the molecule is Cl.Fc1ccc(-c2cncc(CNCCOc3cccc4cccnc34)c2)cc1. The molecule has 0 unspecified atom stereocenters. The molecule has 0 bridgehead atoms. The predicted octanol–water partition coefficient (Wildman–Crippen LogP) is 5.03. The lowest BCUT2D eigenvalue weighted by molar-refractivity contribution is 0.316. The Labute approximate surface area is 175 Å². The van der Waals surface area contributed by atoms with Gasteiger partial charge in [-0.3, -0.25) is 9.97 Å². The lowest BCUT2D eigenvalue weighted by atomic mass is 10.1. The highest BCUT2D eigenvalue weighted by atomic mass is 35.5. The fraction of sp³-hybridized carbons (Fsp3) is 0.130. The van der Waals surface area contributed by atoms with Gasteiger partial charge in [0.15, 0.2) is 0 Å². The van der Waals surface area contributed by atoms with E-state index in [1.807, 2.05) is 36.5 Å². The lowest BCUT2D eigenvalue weighted by Crippen LogP contribution is -2.20. The van der Waals surface area contributed by atoms with E-state index >= 15 is 0 Å². The summed E-state index contributed by atoms with van der Waals surface area (Å²) >= 11 is 0. The third kappa shape index (κ3) is 5.28. The van der Waals surface area contributed by atoms with Crippen molar-refractivity contribution in [3.63, 3.8) is 0 Å². The summed E-state index contributed by atoms with van der Waals surface area (Å²) in [7, 11) is 0. The van der Waals surface area contributed by atoms with Crippen molar-refractivity contribution >= 4 is 23.3 Å². The minimum absolute atomic E-state index is 0. The van der Waals surface area contributed by atoms with Crippen LogP contribution in [0.1, 0.15) is 5.56 Å². The molecule has 0 fully saturated rings. The van der Waals surface area contributed by atoms with Crippen LogP contribution in [0.2, 0.25) is 0 Å². The molecule has 6 heteroatoms. The summed E-state index contributed by atoms with van der Waals surface area (Å²) in [5, 5.41) is 4.43. The topological polar surface area (TPSA) is 47.0 Å². The Hall–Kier alpha value is -3.02. The van der Waals surface area contributed by atoms with Crippen LogP contribution in [-0.4, -0.2) is 23.1 Å². The smallest absolute Gasteiger partial charge is 0.145 e. The minimum atomic E-state index is -0.240. The Bertz CT molecular complexity index is 1070. The molecule has 4 nitrogen and oxygen atoms in total. The maximum Gasteiger partial charge on any atom is 0.145 e. The zero-order valence-electron chi connectivity index (χ0n) is 15.7. The number of benzene rings is 2. The van der Waals surface area contributed by atoms with E-state index in [9.17, 15) is 4.39 Å². The first-order chi connectivity index (χ1) is 13.8. The maximum absolute atomic E-state index is 13.1. The van der Waals surface area contributed by atoms with Crippen LogP contribution in [0.15, 0.2) is 79.3 Å². The highest BCUT2D eigenvalue weighted by Crippen LogP contribution is 2.23. The number of rotatable bonds is 7. The molecule has 0 aliphatic rings. The molecule has 2 aromatic carbocycles. The van der Waals surface area contributed by atoms with Gasteiger partial charge in [0.05, 0.1) is 0 Å². The third-order valence-corrected chi connectivity index (χ3v) is 4.43. The van der Waals surface area contributed by atoms with Crippen molar-refractivity contribution < 1.29 is 9.13 Å². The monoisotopic (exact) mass is 409 g/mol. The van der Waals surface area contributed by atoms with Gasteiger partial charge in [0.1, 0.15) is 23.7 Å². The highest BCUT2D eigenvalue weighted by molar-refractivity contribution is 5.85. The third-order valence-electron chi connectivity index (χ3n) is 4.43. The molecule has 29 heavy (non-hydrogen) atoms. The molecule has 4 aromatic rings. The molecule has 148 valence electrons. The van der Waals surface area contributed by atoms with Gasteiger partial charge in [-0.05, 0) is 41.5 Å². The second kappa shape index (κ2) is 9.96. The number of aromatic nitrogens is 2. The van der Waals surface area contributed by atoms with E-state index in [4.69, 9.17) is 4.74 Å². The summed E-state index contributed by atoms with van der Waals surface area (Å²) in [6.45, 7) is 1.92. The van der Waals surface area contributed by atoms with E-state index in [0.29, 0.717) is 19.7 Å². The van der Waals surface area contributed by atoms with Gasteiger partial charge >= 0.3 is 0 Å². The summed E-state index contributed by atoms with van der Waals surface area (Å²) in [5.41, 5.74) is 3.86. The van der Waals surface area contributed by atoms with Crippen molar-refractivity contribution in [2.45, 2.75) is 6.54 Å². The standard InChI is InChI=1S/C23H20FN3O.ClH/c24-21-8-6-18(7-9-21)20-13-17(15-26-16-20)14-25-11-12-28-22-5-1-3-19-4-2-10-27-23(19)22;/h1-10,13,15-16,25H,11-12,14H2;1H. The van der Waals surface area contributed by atoms with Crippen LogP contribution in [0, 0.1) is 5.82 Å². The van der Waals surface area contributed by atoms with Gasteiger partial charge in [-0.2, -0.15) is 0 Å². The van der Waals surface area contributed by atoms with Gasteiger partial charge in [0.2, 0.25) is 0 Å². The van der Waals surface area contributed by atoms with Crippen molar-refractivity contribution in [1.82, 2.24) is 15.3 Å². The van der Waals surface area contributed by atoms with E-state index in [0.717, 1.165) is 33.3 Å². The molecule has 4 rings (SSSR count). The predicted molar refractivity (Wildman–Crippen MR) is 116 cm³/mol. The molecule has 0 atom stereocenters. The average Bonchev–Trinajstić information content (AvgIpc) is 2.74. The Morgan fingerprint density at radius 2 is 1.76 bits per heavy atom. The maximum atomic E-state index is 13.1. The first kappa shape index (κ1) is 20.7. The quantitative estimate of drug-likeness (QED) is 0.435. The van der Waals surface area contributed by atoms with Crippen LogP contribution in [0.3, 0.4) is 0 Å². The molecule has 1 N–H and O–H groups in total. The number of nitrogens with zero attached hydrogens (tertiary/aromatic N) is 2. The summed E-state index contributed by atoms with van der Waals surface area (Å²) in [5.74, 6) is 0.552. The minimum Gasteiger partial charge on any atom is -0.490 e. The van der Waals surface area contributed by atoms with Crippen LogP contribution in [0.5, 0.6) is 5.75 Å². The Morgan fingerprint density at radius 3 is 2.62 bits per heavy atom. The van der Waals surface area contributed by atoms with Crippen LogP contribution < -0.4 is 10.1 Å². The van der Waals surface area contributed by atoms with Crippen molar-refractivity contribution in [2.75, 3.05) is 13.2 Å². The molecule has 0 aliphatic carbocycles. The highest BCUT2D eigenvalue weighted by Gasteiger charge is 2.03. The van der Waals surface area contributed by atoms with Crippen molar-refractivity contribution in [3.8, 4) is 16.9 Å².